The van der Waals surface area contributed by atoms with Crippen molar-refractivity contribution in [2.24, 2.45) is 5.41 Å². The van der Waals surface area contributed by atoms with Gasteiger partial charge in [-0.2, -0.15) is 4.72 Å². The topological polar surface area (TPSA) is 150 Å². The SMILES string of the molecule is Cc1ccc(S(=O)(=O)N[C@@H](CC2(C(=O)[C@@H]3CCCN3)C=CC(S(=O)(=O)N(C)C)=CC2)C(=O)O)cc1. The van der Waals surface area contributed by atoms with Gasteiger partial charge in [-0.15, -0.1) is 0 Å². The number of aliphatic carboxylic acids is 1. The number of rotatable bonds is 10. The first kappa shape index (κ1) is 27.2. The average molecular weight is 526 g/mol. The zero-order chi connectivity index (χ0) is 26.0. The maximum Gasteiger partial charge on any atom is 0.321 e. The second kappa shape index (κ2) is 10.3. The third kappa shape index (κ3) is 5.89. The van der Waals surface area contributed by atoms with Crippen LogP contribution >= 0.6 is 0 Å². The van der Waals surface area contributed by atoms with Gasteiger partial charge < -0.3 is 10.4 Å². The molecular weight excluding hydrogens is 494 g/mol. The summed E-state index contributed by atoms with van der Waals surface area (Å²) in [5, 5.41) is 13.0. The van der Waals surface area contributed by atoms with E-state index >= 15 is 0 Å². The van der Waals surface area contributed by atoms with Crippen LogP contribution < -0.4 is 10.0 Å². The maximum atomic E-state index is 13.6. The second-order valence-corrected chi connectivity index (χ2v) is 13.0. The van der Waals surface area contributed by atoms with E-state index in [1.807, 2.05) is 0 Å². The molecule has 0 bridgehead atoms. The van der Waals surface area contributed by atoms with Crippen molar-refractivity contribution in [2.75, 3.05) is 20.6 Å². The van der Waals surface area contributed by atoms with Crippen LogP contribution in [0.5, 0.6) is 0 Å². The molecule has 1 aliphatic heterocycles. The Balaban J connectivity index is 1.95. The van der Waals surface area contributed by atoms with E-state index in [9.17, 15) is 31.5 Å². The number of carboxylic acid groups (broad SMARTS) is 1. The van der Waals surface area contributed by atoms with Gasteiger partial charge >= 0.3 is 5.97 Å². The van der Waals surface area contributed by atoms with Gasteiger partial charge in [-0.05, 0) is 57.4 Å². The van der Waals surface area contributed by atoms with Crippen molar-refractivity contribution in [2.45, 2.75) is 49.6 Å². The molecule has 0 saturated carbocycles. The van der Waals surface area contributed by atoms with Crippen molar-refractivity contribution in [1.29, 1.82) is 0 Å². The van der Waals surface area contributed by atoms with E-state index in [-0.39, 0.29) is 28.4 Å². The Bertz CT molecular complexity index is 1250. The van der Waals surface area contributed by atoms with Gasteiger partial charge in [-0.1, -0.05) is 29.8 Å². The normalized spacial score (nSPS) is 23.8. The minimum absolute atomic E-state index is 0.00239. The summed E-state index contributed by atoms with van der Waals surface area (Å²) in [6.45, 7) is 2.43. The largest absolute Gasteiger partial charge is 0.480 e. The predicted octanol–water partition coefficient (Wildman–Crippen LogP) is 1.16. The Morgan fingerprint density at radius 3 is 2.34 bits per heavy atom. The highest BCUT2D eigenvalue weighted by molar-refractivity contribution is 7.93. The number of aryl methyl sites for hydroxylation is 1. The monoisotopic (exact) mass is 525 g/mol. The molecule has 192 valence electrons. The molecule has 0 amide bonds. The number of ketones is 1. The minimum Gasteiger partial charge on any atom is -0.480 e. The van der Waals surface area contributed by atoms with Gasteiger partial charge in [0.1, 0.15) is 6.04 Å². The van der Waals surface area contributed by atoms with Gasteiger partial charge in [0.15, 0.2) is 5.78 Å². The number of hydrogen-bond acceptors (Lipinski definition) is 7. The molecule has 0 spiro atoms. The van der Waals surface area contributed by atoms with Gasteiger partial charge in [0.05, 0.1) is 21.3 Å². The first-order valence-electron chi connectivity index (χ1n) is 11.2. The lowest BCUT2D eigenvalue weighted by molar-refractivity contribution is -0.140. The lowest BCUT2D eigenvalue weighted by Crippen LogP contribution is -2.50. The molecule has 3 atom stereocenters. The molecular formula is C23H31N3O7S2. The molecule has 10 nitrogen and oxygen atoms in total. The molecule has 0 aromatic heterocycles. The van der Waals surface area contributed by atoms with E-state index in [2.05, 4.69) is 10.0 Å². The summed E-state index contributed by atoms with van der Waals surface area (Å²) >= 11 is 0. The van der Waals surface area contributed by atoms with E-state index in [4.69, 9.17) is 0 Å². The molecule has 2 aliphatic rings. The first-order chi connectivity index (χ1) is 16.3. The number of carbonyl (C=O) groups is 2. The highest BCUT2D eigenvalue weighted by atomic mass is 32.2. The molecule has 1 unspecified atom stereocenters. The van der Waals surface area contributed by atoms with Gasteiger partial charge in [0, 0.05) is 14.1 Å². The molecule has 1 heterocycles. The van der Waals surface area contributed by atoms with Gasteiger partial charge in [-0.3, -0.25) is 9.59 Å². The summed E-state index contributed by atoms with van der Waals surface area (Å²) in [6, 6.07) is 3.81. The number of benzene rings is 1. The molecule has 12 heteroatoms. The molecule has 1 aromatic carbocycles. The van der Waals surface area contributed by atoms with Crippen molar-refractivity contribution in [3.05, 3.63) is 53.0 Å². The number of carbonyl (C=O) groups excluding carboxylic acids is 1. The van der Waals surface area contributed by atoms with Gasteiger partial charge in [0.2, 0.25) is 20.0 Å². The summed E-state index contributed by atoms with van der Waals surface area (Å²) in [4.78, 5) is 25.6. The van der Waals surface area contributed by atoms with E-state index in [0.717, 1.165) is 16.3 Å². The van der Waals surface area contributed by atoms with E-state index < -0.39 is 43.5 Å². The van der Waals surface area contributed by atoms with Crippen LogP contribution in [0.3, 0.4) is 0 Å². The molecule has 1 saturated heterocycles. The zero-order valence-corrected chi connectivity index (χ0v) is 21.5. The Hall–Kier alpha value is -2.38. The predicted molar refractivity (Wildman–Crippen MR) is 130 cm³/mol. The van der Waals surface area contributed by atoms with E-state index in [0.29, 0.717) is 13.0 Å². The highest BCUT2D eigenvalue weighted by Crippen LogP contribution is 2.39. The van der Waals surface area contributed by atoms with Crippen molar-refractivity contribution < 1.29 is 31.5 Å². The molecule has 3 rings (SSSR count). The number of hydrogen-bond donors (Lipinski definition) is 3. The average Bonchev–Trinajstić information content (AvgIpc) is 3.33. The molecule has 0 radical (unpaired) electrons. The van der Waals surface area contributed by atoms with Crippen molar-refractivity contribution in [3.8, 4) is 0 Å². The number of nitrogens with zero attached hydrogens (tertiary/aromatic N) is 1. The third-order valence-corrected chi connectivity index (χ3v) is 9.72. The lowest BCUT2D eigenvalue weighted by Gasteiger charge is -2.35. The van der Waals surface area contributed by atoms with Crippen LogP contribution in [0.25, 0.3) is 0 Å². The van der Waals surface area contributed by atoms with Crippen molar-refractivity contribution in [1.82, 2.24) is 14.3 Å². The third-order valence-electron chi connectivity index (χ3n) is 6.38. The summed E-state index contributed by atoms with van der Waals surface area (Å²) in [5.74, 6) is -1.72. The zero-order valence-electron chi connectivity index (χ0n) is 19.9. The maximum absolute atomic E-state index is 13.6. The minimum atomic E-state index is -4.19. The van der Waals surface area contributed by atoms with Gasteiger partial charge in [0.25, 0.3) is 0 Å². The number of nitrogens with one attached hydrogen (secondary N) is 2. The van der Waals surface area contributed by atoms with Crippen LogP contribution in [-0.2, 0) is 29.6 Å². The number of Topliss-reactive ketones (excluding diaryl/α,β-unsaturated/α-hetero) is 1. The molecule has 3 N–H and O–H groups in total. The fourth-order valence-electron chi connectivity index (χ4n) is 4.27. The highest BCUT2D eigenvalue weighted by Gasteiger charge is 2.45. The first-order valence-corrected chi connectivity index (χ1v) is 14.1. The summed E-state index contributed by atoms with van der Waals surface area (Å²) in [7, 11) is -5.17. The standard InChI is InChI=1S/C23H31N3O7S2/c1-16-6-8-17(9-7-16)34(30,31)25-20(22(28)29)15-23(21(27)19-5-4-14-24-19)12-10-18(11-13-23)35(32,33)26(2)3/h6-12,19-20,24-25H,4-5,13-15H2,1-3H3,(H,28,29)/t19-,20-,23?/m0/s1. The summed E-state index contributed by atoms with van der Waals surface area (Å²) in [6.07, 6.45) is 5.02. The Morgan fingerprint density at radius 2 is 1.86 bits per heavy atom. The number of sulfonamides is 2. The molecule has 1 aromatic rings. The van der Waals surface area contributed by atoms with Crippen LogP contribution in [0.1, 0.15) is 31.2 Å². The Labute approximate surface area is 206 Å². The van der Waals surface area contributed by atoms with Crippen molar-refractivity contribution >= 4 is 31.8 Å². The fraction of sp³-hybridized carbons (Fsp3) is 0.478. The molecule has 1 aliphatic carbocycles. The van der Waals surface area contributed by atoms with Crippen LogP contribution in [-0.4, -0.2) is 70.7 Å². The Morgan fingerprint density at radius 1 is 1.20 bits per heavy atom. The van der Waals surface area contributed by atoms with Crippen LogP contribution in [0, 0.1) is 12.3 Å². The second-order valence-electron chi connectivity index (χ2n) is 9.13. The quantitative estimate of drug-likeness (QED) is 0.412. The molecule has 35 heavy (non-hydrogen) atoms. The van der Waals surface area contributed by atoms with Crippen molar-refractivity contribution in [3.63, 3.8) is 0 Å². The number of allylic oxidation sites excluding steroid dienone is 3. The van der Waals surface area contributed by atoms with E-state index in [1.165, 1.54) is 44.5 Å². The lowest BCUT2D eigenvalue weighted by atomic mass is 9.71. The van der Waals surface area contributed by atoms with Crippen LogP contribution in [0.4, 0.5) is 0 Å². The summed E-state index contributed by atoms with van der Waals surface area (Å²) < 4.78 is 54.2. The fourth-order valence-corrected chi connectivity index (χ4v) is 6.41. The van der Waals surface area contributed by atoms with Gasteiger partial charge in [-0.25, -0.2) is 21.1 Å². The summed E-state index contributed by atoms with van der Waals surface area (Å²) in [5.41, 5.74) is -0.554. The molecule has 1 fully saturated rings. The Kier molecular flexibility index (Phi) is 8.02. The van der Waals surface area contributed by atoms with Crippen LogP contribution in [0.15, 0.2) is 52.3 Å². The smallest absolute Gasteiger partial charge is 0.321 e. The van der Waals surface area contributed by atoms with Crippen LogP contribution in [0.2, 0.25) is 0 Å². The number of carboxylic acids is 1. The van der Waals surface area contributed by atoms with E-state index in [1.54, 1.807) is 19.1 Å².